The Bertz CT molecular complexity index is 1350. The highest BCUT2D eigenvalue weighted by molar-refractivity contribution is 5.99. The van der Waals surface area contributed by atoms with Crippen molar-refractivity contribution in [3.8, 4) is 11.4 Å². The number of alkyl halides is 3. The molecule has 1 fully saturated rings. The summed E-state index contributed by atoms with van der Waals surface area (Å²) in [7, 11) is 0. The largest absolute Gasteiger partial charge is 0.471 e. The molecule has 0 aliphatic carbocycles. The monoisotopic (exact) mass is 528 g/mol. The molecule has 0 radical (unpaired) electrons. The Morgan fingerprint density at radius 3 is 2.50 bits per heavy atom. The van der Waals surface area contributed by atoms with Crippen LogP contribution >= 0.6 is 0 Å². The van der Waals surface area contributed by atoms with Gasteiger partial charge < -0.3 is 19.1 Å². The van der Waals surface area contributed by atoms with Gasteiger partial charge >= 0.3 is 18.2 Å². The van der Waals surface area contributed by atoms with Gasteiger partial charge in [-0.15, -0.1) is 0 Å². The molecule has 0 saturated carbocycles. The number of ether oxygens (including phenoxy) is 1. The number of nitrogens with zero attached hydrogens (tertiary/aromatic N) is 4. The van der Waals surface area contributed by atoms with Gasteiger partial charge in [0.2, 0.25) is 5.82 Å². The molecule has 11 heteroatoms. The first-order chi connectivity index (χ1) is 17.9. The number of likely N-dealkylation sites (tertiary alicyclic amines) is 1. The molecule has 8 nitrogen and oxygen atoms in total. The van der Waals surface area contributed by atoms with Gasteiger partial charge in [0.25, 0.3) is 5.91 Å². The minimum Gasteiger partial charge on any atom is -0.444 e. The fraction of sp³-hybridized carbons (Fsp3) is 0.407. The number of hydrogen-bond donors (Lipinski definition) is 0. The molecular formula is C27H27F3N4O4. The molecule has 0 spiro atoms. The van der Waals surface area contributed by atoms with E-state index in [1.807, 2.05) is 51.1 Å². The molecule has 2 atom stereocenters. The predicted octanol–water partition coefficient (Wildman–Crippen LogP) is 5.50. The first-order valence-corrected chi connectivity index (χ1v) is 12.3. The normalized spacial score (nSPS) is 20.0. The van der Waals surface area contributed by atoms with Crippen LogP contribution in [0.25, 0.3) is 11.4 Å². The molecule has 2 amide bonds. The summed E-state index contributed by atoms with van der Waals surface area (Å²) in [5.74, 6) is -2.05. The Morgan fingerprint density at radius 1 is 1.11 bits per heavy atom. The van der Waals surface area contributed by atoms with E-state index in [0.29, 0.717) is 31.6 Å². The molecular weight excluding hydrogens is 501 g/mol. The second-order valence-corrected chi connectivity index (χ2v) is 10.5. The lowest BCUT2D eigenvalue weighted by molar-refractivity contribution is -0.159. The van der Waals surface area contributed by atoms with Crippen LogP contribution in [-0.2, 0) is 17.5 Å². The summed E-state index contributed by atoms with van der Waals surface area (Å²) in [6.07, 6.45) is -4.60. The first-order valence-electron chi connectivity index (χ1n) is 12.3. The number of rotatable bonds is 3. The average Bonchev–Trinajstić information content (AvgIpc) is 3.49. The molecule has 38 heavy (non-hydrogen) atoms. The molecule has 2 aliphatic rings. The minimum atomic E-state index is -4.75. The Kier molecular flexibility index (Phi) is 6.40. The molecule has 1 aromatic heterocycles. The number of carbonyl (C=O) groups is 2. The molecule has 1 saturated heterocycles. The van der Waals surface area contributed by atoms with Crippen molar-refractivity contribution < 1.29 is 32.0 Å². The van der Waals surface area contributed by atoms with Crippen LogP contribution in [0.5, 0.6) is 0 Å². The van der Waals surface area contributed by atoms with Crippen LogP contribution in [0.2, 0.25) is 0 Å². The number of aromatic nitrogens is 2. The fourth-order valence-corrected chi connectivity index (χ4v) is 5.02. The maximum absolute atomic E-state index is 13.6. The van der Waals surface area contributed by atoms with Crippen LogP contribution in [0.4, 0.5) is 18.0 Å². The number of piperidine rings is 1. The number of hydrogen-bond acceptors (Lipinski definition) is 6. The van der Waals surface area contributed by atoms with Crippen molar-refractivity contribution in [3.05, 3.63) is 71.1 Å². The van der Waals surface area contributed by atoms with Crippen LogP contribution in [0, 0.1) is 0 Å². The topological polar surface area (TPSA) is 88.8 Å². The molecule has 5 rings (SSSR count). The van der Waals surface area contributed by atoms with Gasteiger partial charge in [0.05, 0.1) is 0 Å². The van der Waals surface area contributed by atoms with Crippen LogP contribution in [0.15, 0.2) is 53.1 Å². The van der Waals surface area contributed by atoms with Gasteiger partial charge in [-0.2, -0.15) is 18.2 Å². The molecule has 3 heterocycles. The number of amides is 2. The molecule has 3 aromatic rings. The summed E-state index contributed by atoms with van der Waals surface area (Å²) >= 11 is 0. The SMILES string of the molecule is CC(C)(C)OC(=O)N1CC[C@@H](N2Cc3ccc(-c4noc(C(F)(F)F)n4)cc3C2=O)[C@H](c2ccccc2)C1. The van der Waals surface area contributed by atoms with Gasteiger partial charge in [-0.25, -0.2) is 4.79 Å². The molecule has 2 aromatic carbocycles. The summed E-state index contributed by atoms with van der Waals surface area (Å²) in [4.78, 5) is 33.3. The Morgan fingerprint density at radius 2 is 1.84 bits per heavy atom. The number of fused-ring (bicyclic) bond motifs is 1. The highest BCUT2D eigenvalue weighted by atomic mass is 19.4. The Balaban J connectivity index is 1.40. The highest BCUT2D eigenvalue weighted by Gasteiger charge is 2.42. The summed E-state index contributed by atoms with van der Waals surface area (Å²) in [6, 6.07) is 14.3. The zero-order chi connectivity index (χ0) is 27.2. The van der Waals surface area contributed by atoms with E-state index in [1.54, 1.807) is 21.9 Å². The van der Waals surface area contributed by atoms with Gasteiger partial charge in [-0.3, -0.25) is 4.79 Å². The van der Waals surface area contributed by atoms with Crippen molar-refractivity contribution in [2.75, 3.05) is 13.1 Å². The summed E-state index contributed by atoms with van der Waals surface area (Å²) in [6.45, 7) is 6.63. The van der Waals surface area contributed by atoms with Crippen molar-refractivity contribution in [1.82, 2.24) is 19.9 Å². The van der Waals surface area contributed by atoms with Crippen molar-refractivity contribution >= 4 is 12.0 Å². The van der Waals surface area contributed by atoms with Crippen molar-refractivity contribution in [2.24, 2.45) is 0 Å². The molecule has 0 N–H and O–H groups in total. The molecule has 2 aliphatic heterocycles. The second-order valence-electron chi connectivity index (χ2n) is 10.5. The standard InChI is InChI=1S/C27H27F3N4O4/c1-26(2,3)37-25(36)33-12-11-21(20(15-33)16-7-5-4-6-8-16)34-14-18-10-9-17(13-19(18)23(34)35)22-31-24(38-32-22)27(28,29)30/h4-10,13,20-21H,11-12,14-15H2,1-3H3/t20-,21+/m0/s1. The zero-order valence-corrected chi connectivity index (χ0v) is 21.2. The van der Waals surface area contributed by atoms with E-state index in [4.69, 9.17) is 4.74 Å². The molecule has 0 bridgehead atoms. The van der Waals surface area contributed by atoms with Crippen molar-refractivity contribution in [2.45, 2.75) is 57.5 Å². The van der Waals surface area contributed by atoms with E-state index < -0.39 is 23.8 Å². The average molecular weight is 529 g/mol. The third-order valence-electron chi connectivity index (χ3n) is 6.72. The van der Waals surface area contributed by atoms with Crippen LogP contribution < -0.4 is 0 Å². The van der Waals surface area contributed by atoms with Gasteiger partial charge in [-0.05, 0) is 44.4 Å². The lowest BCUT2D eigenvalue weighted by Gasteiger charge is -2.43. The van der Waals surface area contributed by atoms with E-state index in [2.05, 4.69) is 14.7 Å². The maximum Gasteiger partial charge on any atom is 0.471 e. The number of halogens is 3. The lowest BCUT2D eigenvalue weighted by Crippen LogP contribution is -2.52. The fourth-order valence-electron chi connectivity index (χ4n) is 5.02. The van der Waals surface area contributed by atoms with Crippen molar-refractivity contribution in [1.29, 1.82) is 0 Å². The van der Waals surface area contributed by atoms with Crippen LogP contribution in [-0.4, -0.2) is 56.7 Å². The summed E-state index contributed by atoms with van der Waals surface area (Å²) in [5.41, 5.74) is 1.79. The highest BCUT2D eigenvalue weighted by Crippen LogP contribution is 2.37. The van der Waals surface area contributed by atoms with E-state index in [-0.39, 0.29) is 29.3 Å². The van der Waals surface area contributed by atoms with E-state index in [9.17, 15) is 22.8 Å². The Labute approximate surface area is 217 Å². The summed E-state index contributed by atoms with van der Waals surface area (Å²) < 4.78 is 48.6. The Hall–Kier alpha value is -3.89. The van der Waals surface area contributed by atoms with Gasteiger partial charge in [0.1, 0.15) is 5.60 Å². The van der Waals surface area contributed by atoms with Crippen molar-refractivity contribution in [3.63, 3.8) is 0 Å². The predicted molar refractivity (Wildman–Crippen MR) is 130 cm³/mol. The van der Waals surface area contributed by atoms with Gasteiger partial charge in [0, 0.05) is 42.7 Å². The third-order valence-corrected chi connectivity index (χ3v) is 6.72. The van der Waals surface area contributed by atoms with E-state index in [1.165, 1.54) is 6.07 Å². The van der Waals surface area contributed by atoms with Crippen LogP contribution in [0.1, 0.15) is 60.5 Å². The van der Waals surface area contributed by atoms with Gasteiger partial charge in [0.15, 0.2) is 0 Å². The lowest BCUT2D eigenvalue weighted by atomic mass is 9.85. The van der Waals surface area contributed by atoms with E-state index in [0.717, 1.165) is 11.1 Å². The zero-order valence-electron chi connectivity index (χ0n) is 21.2. The van der Waals surface area contributed by atoms with E-state index >= 15 is 0 Å². The molecule has 200 valence electrons. The number of carbonyl (C=O) groups excluding carboxylic acids is 2. The minimum absolute atomic E-state index is 0.151. The number of benzene rings is 2. The first kappa shape index (κ1) is 25.7. The van der Waals surface area contributed by atoms with Gasteiger partial charge in [-0.1, -0.05) is 47.6 Å². The summed E-state index contributed by atoms with van der Waals surface area (Å²) in [5, 5.41) is 3.43. The second kappa shape index (κ2) is 9.45. The van der Waals surface area contributed by atoms with Crippen LogP contribution in [0.3, 0.4) is 0 Å². The third kappa shape index (κ3) is 5.09. The maximum atomic E-state index is 13.6. The molecule has 0 unspecified atom stereocenters. The quantitative estimate of drug-likeness (QED) is 0.446. The smallest absolute Gasteiger partial charge is 0.444 e.